The Morgan fingerprint density at radius 2 is 0.464 bits per heavy atom. The summed E-state index contributed by atoms with van der Waals surface area (Å²) >= 11 is 0. The molecule has 56 heavy (non-hydrogen) atoms. The highest BCUT2D eigenvalue weighted by atomic mass is 14.1. The summed E-state index contributed by atoms with van der Waals surface area (Å²) in [6, 6.07) is 33.5. The van der Waals surface area contributed by atoms with Crippen LogP contribution in [0.3, 0.4) is 0 Å². The molecule has 0 radical (unpaired) electrons. The lowest BCUT2D eigenvalue weighted by atomic mass is 9.91. The van der Waals surface area contributed by atoms with Gasteiger partial charge in [-0.05, 0) is 90.7 Å². The summed E-state index contributed by atoms with van der Waals surface area (Å²) in [6.07, 6.45) is 39.1. The molecule has 0 aliphatic carbocycles. The summed E-state index contributed by atoms with van der Waals surface area (Å²) in [5.74, 6) is 0. The predicted molar refractivity (Wildman–Crippen MR) is 253 cm³/mol. The van der Waals surface area contributed by atoms with E-state index in [-0.39, 0.29) is 0 Å². The topological polar surface area (TPSA) is 0 Å². The van der Waals surface area contributed by atoms with Crippen LogP contribution in [0.15, 0.2) is 84.9 Å². The zero-order chi connectivity index (χ0) is 38.6. The van der Waals surface area contributed by atoms with Crippen molar-refractivity contribution in [3.05, 3.63) is 96.1 Å². The third-order valence-electron chi connectivity index (χ3n) is 13.1. The Morgan fingerprint density at radius 1 is 0.232 bits per heavy atom. The van der Waals surface area contributed by atoms with Crippen molar-refractivity contribution >= 4 is 53.9 Å². The van der Waals surface area contributed by atoms with Gasteiger partial charge >= 0.3 is 0 Å². The fourth-order valence-corrected chi connectivity index (χ4v) is 9.62. The lowest BCUT2D eigenvalue weighted by Gasteiger charge is -2.13. The molecule has 0 aliphatic heterocycles. The number of hydrogen-bond acceptors (Lipinski definition) is 0. The van der Waals surface area contributed by atoms with Crippen LogP contribution < -0.4 is 0 Å². The lowest BCUT2D eigenvalue weighted by Crippen LogP contribution is -1.89. The van der Waals surface area contributed by atoms with Crippen molar-refractivity contribution < 1.29 is 0 Å². The molecule has 0 amide bonds. The first-order valence-electron chi connectivity index (χ1n) is 24.0. The van der Waals surface area contributed by atoms with E-state index in [0.717, 1.165) is 0 Å². The standard InChI is InChI=1S/C56H76/c1-3-5-7-9-11-13-15-17-19-21-23-25-27-29-45-31-35-49-47(43-45)33-37-53-51(49)39-41-56-54-38-34-48-44-46(32-36-50(48)52(54)40-42-55(53)56)30-28-26-24-22-20-18-16-14-12-10-8-6-4-2/h31-44H,3-30H2,1-2H3. The quantitative estimate of drug-likeness (QED) is 0.0346. The molecule has 0 heterocycles. The predicted octanol–water partition coefficient (Wildman–Crippen LogP) is 18.7. The maximum atomic E-state index is 2.46. The fourth-order valence-electron chi connectivity index (χ4n) is 9.62. The van der Waals surface area contributed by atoms with Crippen molar-refractivity contribution in [2.75, 3.05) is 0 Å². The van der Waals surface area contributed by atoms with Crippen LogP contribution in [0.5, 0.6) is 0 Å². The molecular formula is C56H76. The van der Waals surface area contributed by atoms with Crippen LogP contribution in [0.4, 0.5) is 0 Å². The second-order valence-corrected chi connectivity index (χ2v) is 17.6. The average Bonchev–Trinajstić information content (AvgIpc) is 3.23. The molecule has 6 rings (SSSR count). The summed E-state index contributed by atoms with van der Waals surface area (Å²) in [4.78, 5) is 0. The lowest BCUT2D eigenvalue weighted by molar-refractivity contribution is 0.539. The Hall–Kier alpha value is -3.38. The zero-order valence-corrected chi connectivity index (χ0v) is 35.9. The molecule has 0 spiro atoms. The van der Waals surface area contributed by atoms with E-state index >= 15 is 0 Å². The maximum absolute atomic E-state index is 2.46. The van der Waals surface area contributed by atoms with E-state index in [0.29, 0.717) is 0 Å². The molecule has 0 saturated carbocycles. The number of fused-ring (bicyclic) bond motifs is 9. The SMILES string of the molecule is CCCCCCCCCCCCCCCc1ccc2c(ccc3c2ccc2c4ccc5cc(CCCCCCCCCCCCCCC)ccc5c4ccc32)c1. The first kappa shape index (κ1) is 42.2. The van der Waals surface area contributed by atoms with E-state index in [1.807, 2.05) is 0 Å². The van der Waals surface area contributed by atoms with Crippen LogP contribution in [0, 0.1) is 0 Å². The van der Waals surface area contributed by atoms with Crippen LogP contribution >= 0.6 is 0 Å². The molecule has 6 aromatic carbocycles. The van der Waals surface area contributed by atoms with Crippen molar-refractivity contribution in [3.63, 3.8) is 0 Å². The Bertz CT molecular complexity index is 1900. The third kappa shape index (κ3) is 12.3. The van der Waals surface area contributed by atoms with Gasteiger partial charge in [0.25, 0.3) is 0 Å². The van der Waals surface area contributed by atoms with E-state index in [2.05, 4.69) is 98.8 Å². The monoisotopic (exact) mass is 749 g/mol. The van der Waals surface area contributed by atoms with Gasteiger partial charge in [0.05, 0.1) is 0 Å². The largest absolute Gasteiger partial charge is 0.0654 e. The molecule has 0 saturated heterocycles. The van der Waals surface area contributed by atoms with Crippen LogP contribution in [0.2, 0.25) is 0 Å². The second kappa shape index (κ2) is 23.8. The summed E-state index contributed by atoms with van der Waals surface area (Å²) in [5, 5.41) is 13.7. The van der Waals surface area contributed by atoms with Crippen LogP contribution in [-0.4, -0.2) is 0 Å². The zero-order valence-electron chi connectivity index (χ0n) is 35.9. The molecule has 0 heteroatoms. The average molecular weight is 749 g/mol. The van der Waals surface area contributed by atoms with Crippen molar-refractivity contribution in [1.82, 2.24) is 0 Å². The highest BCUT2D eigenvalue weighted by Crippen LogP contribution is 2.37. The summed E-state index contributed by atoms with van der Waals surface area (Å²) < 4.78 is 0. The van der Waals surface area contributed by atoms with Crippen LogP contribution in [0.25, 0.3) is 53.9 Å². The molecule has 0 atom stereocenters. The number of rotatable bonds is 28. The van der Waals surface area contributed by atoms with Gasteiger partial charge in [-0.15, -0.1) is 0 Å². The van der Waals surface area contributed by atoms with Crippen molar-refractivity contribution in [1.29, 1.82) is 0 Å². The fraction of sp³-hybridized carbons (Fsp3) is 0.536. The molecule has 0 bridgehead atoms. The van der Waals surface area contributed by atoms with Gasteiger partial charge in [0.2, 0.25) is 0 Å². The normalized spacial score (nSPS) is 12.0. The van der Waals surface area contributed by atoms with Gasteiger partial charge in [0.1, 0.15) is 0 Å². The van der Waals surface area contributed by atoms with E-state index in [1.165, 1.54) is 245 Å². The molecule has 0 nitrogen and oxygen atoms in total. The maximum Gasteiger partial charge on any atom is -0.00987 e. The molecule has 300 valence electrons. The van der Waals surface area contributed by atoms with Gasteiger partial charge in [0, 0.05) is 0 Å². The van der Waals surface area contributed by atoms with Gasteiger partial charge in [-0.25, -0.2) is 0 Å². The summed E-state index contributed by atoms with van der Waals surface area (Å²) in [5.41, 5.74) is 2.98. The van der Waals surface area contributed by atoms with Crippen LogP contribution in [-0.2, 0) is 12.8 Å². The molecule has 0 fully saturated rings. The van der Waals surface area contributed by atoms with E-state index in [4.69, 9.17) is 0 Å². The minimum absolute atomic E-state index is 1.20. The van der Waals surface area contributed by atoms with Gasteiger partial charge in [0.15, 0.2) is 0 Å². The van der Waals surface area contributed by atoms with Crippen LogP contribution in [0.1, 0.15) is 192 Å². The first-order valence-corrected chi connectivity index (χ1v) is 24.0. The summed E-state index contributed by atoms with van der Waals surface area (Å²) in [6.45, 7) is 4.61. The number of hydrogen-bond donors (Lipinski definition) is 0. The molecule has 0 aromatic heterocycles. The number of benzene rings is 6. The molecular weight excluding hydrogens is 673 g/mol. The van der Waals surface area contributed by atoms with Gasteiger partial charge in [-0.3, -0.25) is 0 Å². The molecule has 0 unspecified atom stereocenters. The molecule has 0 aliphatic rings. The highest BCUT2D eigenvalue weighted by Gasteiger charge is 2.10. The number of unbranched alkanes of at least 4 members (excludes halogenated alkanes) is 24. The Labute approximate surface area is 342 Å². The second-order valence-electron chi connectivity index (χ2n) is 17.6. The van der Waals surface area contributed by atoms with Crippen molar-refractivity contribution in [2.24, 2.45) is 0 Å². The summed E-state index contributed by atoms with van der Waals surface area (Å²) in [7, 11) is 0. The third-order valence-corrected chi connectivity index (χ3v) is 13.1. The Kier molecular flexibility index (Phi) is 17.9. The van der Waals surface area contributed by atoms with Gasteiger partial charge in [-0.1, -0.05) is 253 Å². The first-order chi connectivity index (χ1) is 27.8. The van der Waals surface area contributed by atoms with Gasteiger partial charge in [-0.2, -0.15) is 0 Å². The van der Waals surface area contributed by atoms with E-state index < -0.39 is 0 Å². The van der Waals surface area contributed by atoms with E-state index in [9.17, 15) is 0 Å². The minimum Gasteiger partial charge on any atom is -0.0654 e. The van der Waals surface area contributed by atoms with Crippen molar-refractivity contribution in [2.45, 2.75) is 194 Å². The van der Waals surface area contributed by atoms with Crippen molar-refractivity contribution in [3.8, 4) is 0 Å². The highest BCUT2D eigenvalue weighted by molar-refractivity contribution is 6.25. The molecule has 0 N–H and O–H groups in total. The molecule has 6 aromatic rings. The smallest absolute Gasteiger partial charge is 0.00987 e. The minimum atomic E-state index is 1.20. The Balaban J connectivity index is 0.974. The van der Waals surface area contributed by atoms with E-state index in [1.54, 1.807) is 0 Å². The number of aryl methyl sites for hydroxylation is 2. The van der Waals surface area contributed by atoms with Gasteiger partial charge < -0.3 is 0 Å². The Morgan fingerprint density at radius 3 is 0.768 bits per heavy atom.